The van der Waals surface area contributed by atoms with Gasteiger partial charge in [-0.3, -0.25) is 4.79 Å². The van der Waals surface area contributed by atoms with Crippen molar-refractivity contribution in [3.05, 3.63) is 17.6 Å². The maximum Gasteiger partial charge on any atom is 0.287 e. The zero-order chi connectivity index (χ0) is 15.8. The molecule has 0 aromatic carbocycles. The van der Waals surface area contributed by atoms with Crippen molar-refractivity contribution >= 4 is 15.9 Å². The number of hydrogen-bond acceptors (Lipinski definition) is 4. The SMILES string of the molecule is Cc1oc(C(=O)NC2CCC(C)C(C)C2)cc1S(N)(=O)=O. The Labute approximate surface area is 125 Å². The minimum atomic E-state index is -3.87. The van der Waals surface area contributed by atoms with E-state index in [9.17, 15) is 13.2 Å². The second-order valence-corrected chi connectivity index (χ2v) is 7.54. The first-order valence-electron chi connectivity index (χ1n) is 7.12. The van der Waals surface area contributed by atoms with Crippen LogP contribution in [-0.2, 0) is 10.0 Å². The maximum absolute atomic E-state index is 12.2. The van der Waals surface area contributed by atoms with Gasteiger partial charge in [0.15, 0.2) is 5.76 Å². The summed E-state index contributed by atoms with van der Waals surface area (Å²) < 4.78 is 27.9. The van der Waals surface area contributed by atoms with Gasteiger partial charge in [-0.05, 0) is 38.0 Å². The number of carbonyl (C=O) groups excluding carboxylic acids is 1. The van der Waals surface area contributed by atoms with Crippen molar-refractivity contribution in [1.29, 1.82) is 0 Å². The van der Waals surface area contributed by atoms with Crippen LogP contribution in [0.2, 0.25) is 0 Å². The van der Waals surface area contributed by atoms with Crippen molar-refractivity contribution in [2.75, 3.05) is 0 Å². The van der Waals surface area contributed by atoms with E-state index in [1.165, 1.54) is 13.0 Å². The average Bonchev–Trinajstić information content (AvgIpc) is 2.76. The fourth-order valence-corrected chi connectivity index (χ4v) is 3.51. The third kappa shape index (κ3) is 3.65. The molecule has 3 N–H and O–H groups in total. The number of nitrogens with two attached hydrogens (primary N) is 1. The zero-order valence-corrected chi connectivity index (χ0v) is 13.4. The number of primary sulfonamides is 1. The lowest BCUT2D eigenvalue weighted by Gasteiger charge is -2.32. The van der Waals surface area contributed by atoms with Gasteiger partial charge >= 0.3 is 0 Å². The van der Waals surface area contributed by atoms with Crippen LogP contribution in [0.5, 0.6) is 0 Å². The average molecular weight is 314 g/mol. The molecule has 1 saturated carbocycles. The fourth-order valence-electron chi connectivity index (χ4n) is 2.79. The van der Waals surface area contributed by atoms with E-state index in [4.69, 9.17) is 9.56 Å². The molecule has 6 nitrogen and oxygen atoms in total. The highest BCUT2D eigenvalue weighted by molar-refractivity contribution is 7.89. The molecule has 1 aromatic rings. The number of aryl methyl sites for hydroxylation is 1. The number of carbonyl (C=O) groups is 1. The standard InChI is InChI=1S/C14H22N2O4S/c1-8-4-5-11(6-9(8)2)16-14(17)12-7-13(10(3)20-12)21(15,18)19/h7-9,11H,4-6H2,1-3H3,(H,16,17)(H2,15,18,19). The van der Waals surface area contributed by atoms with E-state index in [0.717, 1.165) is 19.3 Å². The van der Waals surface area contributed by atoms with E-state index >= 15 is 0 Å². The van der Waals surface area contributed by atoms with Gasteiger partial charge in [-0.2, -0.15) is 0 Å². The lowest BCUT2D eigenvalue weighted by molar-refractivity contribution is 0.0881. The first-order valence-corrected chi connectivity index (χ1v) is 8.67. The molecule has 7 heteroatoms. The number of nitrogens with one attached hydrogen (secondary N) is 1. The molecular weight excluding hydrogens is 292 g/mol. The molecule has 0 radical (unpaired) electrons. The van der Waals surface area contributed by atoms with Gasteiger partial charge in [0.25, 0.3) is 5.91 Å². The Morgan fingerprint density at radius 3 is 2.52 bits per heavy atom. The van der Waals surface area contributed by atoms with Crippen LogP contribution in [-0.4, -0.2) is 20.4 Å². The van der Waals surface area contributed by atoms with Crippen LogP contribution >= 0.6 is 0 Å². The Morgan fingerprint density at radius 2 is 2.00 bits per heavy atom. The molecule has 1 aromatic heterocycles. The molecule has 0 spiro atoms. The van der Waals surface area contributed by atoms with Crippen molar-refractivity contribution in [3.63, 3.8) is 0 Å². The van der Waals surface area contributed by atoms with Gasteiger partial charge in [-0.1, -0.05) is 13.8 Å². The fraction of sp³-hybridized carbons (Fsp3) is 0.643. The summed E-state index contributed by atoms with van der Waals surface area (Å²) in [4.78, 5) is 12.0. The predicted octanol–water partition coefficient (Wildman–Crippen LogP) is 1.79. The van der Waals surface area contributed by atoms with Crippen molar-refractivity contribution in [2.45, 2.75) is 51.0 Å². The molecule has 0 aliphatic heterocycles. The first kappa shape index (κ1) is 16.0. The van der Waals surface area contributed by atoms with Crippen LogP contribution < -0.4 is 10.5 Å². The monoisotopic (exact) mass is 314 g/mol. The van der Waals surface area contributed by atoms with Crippen LogP contribution in [0.3, 0.4) is 0 Å². The quantitative estimate of drug-likeness (QED) is 0.887. The second kappa shape index (κ2) is 5.81. The molecule has 0 bridgehead atoms. The summed E-state index contributed by atoms with van der Waals surface area (Å²) in [6, 6.07) is 1.29. The van der Waals surface area contributed by atoms with Crippen LogP contribution in [0, 0.1) is 18.8 Å². The van der Waals surface area contributed by atoms with Crippen molar-refractivity contribution in [2.24, 2.45) is 17.0 Å². The summed E-state index contributed by atoms with van der Waals surface area (Å²) in [6.45, 7) is 5.87. The molecule has 1 aliphatic carbocycles. The van der Waals surface area contributed by atoms with E-state index in [1.807, 2.05) is 0 Å². The molecule has 3 unspecified atom stereocenters. The molecular formula is C14H22N2O4S. The summed E-state index contributed by atoms with van der Waals surface area (Å²) in [5, 5.41) is 7.98. The van der Waals surface area contributed by atoms with Gasteiger partial charge in [-0.25, -0.2) is 13.6 Å². The third-order valence-electron chi connectivity index (χ3n) is 4.34. The van der Waals surface area contributed by atoms with E-state index in [1.54, 1.807) is 0 Å². The lowest BCUT2D eigenvalue weighted by Crippen LogP contribution is -2.39. The highest BCUT2D eigenvalue weighted by atomic mass is 32.2. The highest BCUT2D eigenvalue weighted by Crippen LogP contribution is 2.29. The van der Waals surface area contributed by atoms with Gasteiger partial charge < -0.3 is 9.73 Å². The summed E-state index contributed by atoms with van der Waals surface area (Å²) in [7, 11) is -3.87. The molecule has 118 valence electrons. The minimum absolute atomic E-state index is 0.0113. The molecule has 1 fully saturated rings. The van der Waals surface area contributed by atoms with Gasteiger partial charge in [0.05, 0.1) is 0 Å². The Balaban J connectivity index is 2.08. The highest BCUT2D eigenvalue weighted by Gasteiger charge is 2.27. The number of rotatable bonds is 3. The number of hydrogen-bond donors (Lipinski definition) is 2. The molecule has 1 amide bonds. The largest absolute Gasteiger partial charge is 0.455 e. The minimum Gasteiger partial charge on any atom is -0.455 e. The molecule has 0 saturated heterocycles. The number of furan rings is 1. The van der Waals surface area contributed by atoms with Crippen molar-refractivity contribution in [3.8, 4) is 0 Å². The molecule has 21 heavy (non-hydrogen) atoms. The topological polar surface area (TPSA) is 102 Å². The van der Waals surface area contributed by atoms with E-state index < -0.39 is 10.0 Å². The summed E-state index contributed by atoms with van der Waals surface area (Å²) >= 11 is 0. The van der Waals surface area contributed by atoms with Gasteiger partial charge in [0.2, 0.25) is 10.0 Å². The molecule has 1 heterocycles. The summed E-state index contributed by atoms with van der Waals surface area (Å²) in [5.41, 5.74) is 0. The Bertz CT molecular complexity index is 635. The number of sulfonamides is 1. The second-order valence-electron chi connectivity index (χ2n) is 6.01. The normalized spacial score (nSPS) is 26.6. The van der Waals surface area contributed by atoms with E-state index in [2.05, 4.69) is 19.2 Å². The van der Waals surface area contributed by atoms with Crippen molar-refractivity contribution in [1.82, 2.24) is 5.32 Å². The summed E-state index contributed by atoms with van der Waals surface area (Å²) in [5.74, 6) is 0.955. The van der Waals surface area contributed by atoms with E-state index in [0.29, 0.717) is 11.8 Å². The molecule has 3 atom stereocenters. The Hall–Kier alpha value is -1.34. The molecule has 1 aliphatic rings. The Morgan fingerprint density at radius 1 is 1.33 bits per heavy atom. The summed E-state index contributed by atoms with van der Waals surface area (Å²) in [6.07, 6.45) is 2.93. The van der Waals surface area contributed by atoms with Crippen molar-refractivity contribution < 1.29 is 17.6 Å². The van der Waals surface area contributed by atoms with Crippen LogP contribution in [0.15, 0.2) is 15.4 Å². The number of amides is 1. The van der Waals surface area contributed by atoms with Gasteiger partial charge in [0, 0.05) is 12.1 Å². The zero-order valence-electron chi connectivity index (χ0n) is 12.5. The predicted molar refractivity (Wildman–Crippen MR) is 78.3 cm³/mol. The van der Waals surface area contributed by atoms with Crippen LogP contribution in [0.1, 0.15) is 49.4 Å². The smallest absolute Gasteiger partial charge is 0.287 e. The van der Waals surface area contributed by atoms with Gasteiger partial charge in [-0.15, -0.1) is 0 Å². The van der Waals surface area contributed by atoms with Crippen LogP contribution in [0.4, 0.5) is 0 Å². The van der Waals surface area contributed by atoms with E-state index in [-0.39, 0.29) is 28.4 Å². The van der Waals surface area contributed by atoms with Gasteiger partial charge in [0.1, 0.15) is 10.7 Å². The first-order chi connectivity index (χ1) is 9.68. The molecule has 2 rings (SSSR count). The third-order valence-corrected chi connectivity index (χ3v) is 5.35. The van der Waals surface area contributed by atoms with Crippen LogP contribution in [0.25, 0.3) is 0 Å². The maximum atomic E-state index is 12.2. The Kier molecular flexibility index (Phi) is 4.43. The lowest BCUT2D eigenvalue weighted by atomic mass is 9.79.